The van der Waals surface area contributed by atoms with Crippen LogP contribution in [0.3, 0.4) is 0 Å². The van der Waals surface area contributed by atoms with Crippen molar-refractivity contribution >= 4 is 14.2 Å². The van der Waals surface area contributed by atoms with Gasteiger partial charge in [-0.05, 0) is 36.1 Å². The topological polar surface area (TPSA) is 49.3 Å². The first-order chi connectivity index (χ1) is 8.83. The molecule has 1 aromatic carbocycles. The van der Waals surface area contributed by atoms with E-state index in [0.717, 1.165) is 18.4 Å². The molecule has 19 heavy (non-hydrogen) atoms. The summed E-state index contributed by atoms with van der Waals surface area (Å²) in [5.74, 6) is 3.24. The maximum absolute atomic E-state index is 10.7. The van der Waals surface area contributed by atoms with Crippen molar-refractivity contribution in [3.8, 4) is 11.5 Å². The van der Waals surface area contributed by atoms with Crippen molar-refractivity contribution in [3.63, 3.8) is 0 Å². The summed E-state index contributed by atoms with van der Waals surface area (Å²) in [7, 11) is -1.35. The van der Waals surface area contributed by atoms with Gasteiger partial charge in [-0.2, -0.15) is 0 Å². The Hall–Kier alpha value is -1.73. The minimum atomic E-state index is -1.35. The Morgan fingerprint density at radius 1 is 1.32 bits per heavy atom. The predicted octanol–water partition coefficient (Wildman–Crippen LogP) is 2.65. The summed E-state index contributed by atoms with van der Waals surface area (Å²) >= 11 is 0. The molecule has 0 spiro atoms. The number of benzene rings is 1. The van der Waals surface area contributed by atoms with Gasteiger partial charge in [-0.25, -0.2) is 4.79 Å². The van der Waals surface area contributed by atoms with E-state index >= 15 is 0 Å². The maximum atomic E-state index is 10.7. The molecule has 1 unspecified atom stereocenters. The highest BCUT2D eigenvalue weighted by atomic mass is 28.3. The van der Waals surface area contributed by atoms with Crippen LogP contribution in [0.15, 0.2) is 18.2 Å². The summed E-state index contributed by atoms with van der Waals surface area (Å²) in [5, 5.41) is 11.3. The molecule has 1 atom stereocenters. The SMILES string of the molecule is C[Si](C)(C)C#Cc1ccc2c(c1)CC(NC(=O)O)C2. The average Bonchev–Trinajstić information content (AvgIpc) is 2.65. The first kappa shape index (κ1) is 13.7. The normalized spacial score (nSPS) is 17.3. The molecule has 2 rings (SSSR count). The van der Waals surface area contributed by atoms with Gasteiger partial charge in [0, 0.05) is 11.6 Å². The lowest BCUT2D eigenvalue weighted by atomic mass is 10.1. The van der Waals surface area contributed by atoms with Gasteiger partial charge in [0.2, 0.25) is 0 Å². The lowest BCUT2D eigenvalue weighted by Gasteiger charge is -2.07. The second-order valence-electron chi connectivity index (χ2n) is 6.04. The molecule has 0 fully saturated rings. The predicted molar refractivity (Wildman–Crippen MR) is 79.0 cm³/mol. The van der Waals surface area contributed by atoms with Gasteiger partial charge in [0.05, 0.1) is 0 Å². The molecule has 0 aliphatic heterocycles. The molecular weight excluding hydrogens is 254 g/mol. The largest absolute Gasteiger partial charge is 0.465 e. The first-order valence-electron chi connectivity index (χ1n) is 6.48. The van der Waals surface area contributed by atoms with Crippen LogP contribution < -0.4 is 5.32 Å². The number of rotatable bonds is 1. The lowest BCUT2D eigenvalue weighted by Crippen LogP contribution is -2.33. The van der Waals surface area contributed by atoms with Crippen molar-refractivity contribution in [2.24, 2.45) is 0 Å². The van der Waals surface area contributed by atoms with Gasteiger partial charge in [-0.3, -0.25) is 0 Å². The van der Waals surface area contributed by atoms with Crippen molar-refractivity contribution in [2.75, 3.05) is 0 Å². The highest BCUT2D eigenvalue weighted by molar-refractivity contribution is 6.83. The number of fused-ring (bicyclic) bond motifs is 1. The van der Waals surface area contributed by atoms with Crippen molar-refractivity contribution in [1.82, 2.24) is 5.32 Å². The Bertz CT molecular complexity index is 564. The monoisotopic (exact) mass is 273 g/mol. The van der Waals surface area contributed by atoms with Crippen LogP contribution in [-0.4, -0.2) is 25.3 Å². The standard InChI is InChI=1S/C15H19NO2Si/c1-19(2,3)7-6-11-4-5-12-9-14(16-15(17)18)10-13(12)8-11/h4-5,8,14,16H,9-10H2,1-3H3,(H,17,18). The fourth-order valence-corrected chi connectivity index (χ4v) is 2.75. The van der Waals surface area contributed by atoms with Gasteiger partial charge in [-0.15, -0.1) is 5.54 Å². The van der Waals surface area contributed by atoms with E-state index in [9.17, 15) is 4.79 Å². The van der Waals surface area contributed by atoms with Crippen LogP contribution in [0.5, 0.6) is 0 Å². The van der Waals surface area contributed by atoms with E-state index < -0.39 is 14.2 Å². The molecule has 3 nitrogen and oxygen atoms in total. The molecule has 1 aliphatic carbocycles. The molecule has 0 bridgehead atoms. The number of carboxylic acid groups (broad SMARTS) is 1. The molecule has 0 saturated heterocycles. The number of hydrogen-bond donors (Lipinski definition) is 2. The van der Waals surface area contributed by atoms with Crippen LogP contribution in [0.4, 0.5) is 4.79 Å². The molecular formula is C15H19NO2Si. The van der Waals surface area contributed by atoms with Crippen LogP contribution in [-0.2, 0) is 12.8 Å². The fourth-order valence-electron chi connectivity index (χ4n) is 2.23. The second kappa shape index (κ2) is 5.10. The summed E-state index contributed by atoms with van der Waals surface area (Å²) in [5.41, 5.74) is 6.85. The number of carbonyl (C=O) groups is 1. The summed E-state index contributed by atoms with van der Waals surface area (Å²) in [6, 6.07) is 6.22. The number of hydrogen-bond acceptors (Lipinski definition) is 1. The second-order valence-corrected chi connectivity index (χ2v) is 10.8. The quantitative estimate of drug-likeness (QED) is 0.610. The van der Waals surface area contributed by atoms with Gasteiger partial charge in [0.25, 0.3) is 0 Å². The van der Waals surface area contributed by atoms with Gasteiger partial charge < -0.3 is 10.4 Å². The highest BCUT2D eigenvalue weighted by Crippen LogP contribution is 2.23. The molecule has 4 heteroatoms. The third-order valence-corrected chi connectivity index (χ3v) is 3.92. The Balaban J connectivity index is 2.14. The number of nitrogens with one attached hydrogen (secondary N) is 1. The smallest absolute Gasteiger partial charge is 0.404 e. The van der Waals surface area contributed by atoms with Crippen LogP contribution in [0.25, 0.3) is 0 Å². The van der Waals surface area contributed by atoms with Crippen molar-refractivity contribution < 1.29 is 9.90 Å². The summed E-state index contributed by atoms with van der Waals surface area (Å²) in [6.07, 6.45) is 0.601. The van der Waals surface area contributed by atoms with Crippen LogP contribution in [0.1, 0.15) is 16.7 Å². The average molecular weight is 273 g/mol. The Labute approximate surface area is 115 Å². The third kappa shape index (κ3) is 3.87. The minimum Gasteiger partial charge on any atom is -0.465 e. The Kier molecular flexibility index (Phi) is 3.68. The minimum absolute atomic E-state index is 0.00713. The molecule has 0 saturated carbocycles. The molecule has 1 amide bonds. The Morgan fingerprint density at radius 2 is 2.00 bits per heavy atom. The van der Waals surface area contributed by atoms with Crippen LogP contribution >= 0.6 is 0 Å². The van der Waals surface area contributed by atoms with Gasteiger partial charge >= 0.3 is 6.09 Å². The van der Waals surface area contributed by atoms with Gasteiger partial charge in [0.1, 0.15) is 8.07 Å². The summed E-state index contributed by atoms with van der Waals surface area (Å²) in [4.78, 5) is 10.7. The van der Waals surface area contributed by atoms with E-state index in [1.165, 1.54) is 11.1 Å². The summed E-state index contributed by atoms with van der Waals surface area (Å²) < 4.78 is 0. The van der Waals surface area contributed by atoms with E-state index in [4.69, 9.17) is 5.11 Å². The van der Waals surface area contributed by atoms with E-state index in [1.54, 1.807) is 0 Å². The molecule has 0 heterocycles. The van der Waals surface area contributed by atoms with E-state index in [1.807, 2.05) is 6.07 Å². The first-order valence-corrected chi connectivity index (χ1v) is 9.98. The summed E-state index contributed by atoms with van der Waals surface area (Å²) in [6.45, 7) is 6.67. The Morgan fingerprint density at radius 3 is 2.63 bits per heavy atom. The fraction of sp³-hybridized carbons (Fsp3) is 0.400. The molecule has 0 radical (unpaired) electrons. The maximum Gasteiger partial charge on any atom is 0.404 e. The lowest BCUT2D eigenvalue weighted by molar-refractivity contribution is 0.190. The van der Waals surface area contributed by atoms with Gasteiger partial charge in [-0.1, -0.05) is 31.6 Å². The molecule has 0 aromatic heterocycles. The number of amides is 1. The molecule has 1 aliphatic rings. The van der Waals surface area contributed by atoms with E-state index in [2.05, 4.69) is 48.6 Å². The molecule has 100 valence electrons. The van der Waals surface area contributed by atoms with E-state index in [0.29, 0.717) is 0 Å². The highest BCUT2D eigenvalue weighted by Gasteiger charge is 2.22. The van der Waals surface area contributed by atoms with Crippen molar-refractivity contribution in [3.05, 3.63) is 34.9 Å². The van der Waals surface area contributed by atoms with Crippen LogP contribution in [0.2, 0.25) is 19.6 Å². The molecule has 2 N–H and O–H groups in total. The molecule has 1 aromatic rings. The van der Waals surface area contributed by atoms with Crippen molar-refractivity contribution in [1.29, 1.82) is 0 Å². The van der Waals surface area contributed by atoms with Crippen LogP contribution in [0, 0.1) is 11.5 Å². The zero-order valence-electron chi connectivity index (χ0n) is 11.6. The zero-order valence-corrected chi connectivity index (χ0v) is 12.6. The zero-order chi connectivity index (χ0) is 14.0. The third-order valence-electron chi connectivity index (χ3n) is 3.05. The van der Waals surface area contributed by atoms with Crippen molar-refractivity contribution in [2.45, 2.75) is 38.5 Å². The van der Waals surface area contributed by atoms with E-state index in [-0.39, 0.29) is 6.04 Å². The van der Waals surface area contributed by atoms with Gasteiger partial charge in [0.15, 0.2) is 0 Å².